The average molecular weight is 497 g/mol. The van der Waals surface area contributed by atoms with Crippen molar-refractivity contribution in [3.8, 4) is 22.6 Å². The summed E-state index contributed by atoms with van der Waals surface area (Å²) in [4.78, 5) is 22.8. The fourth-order valence-electron chi connectivity index (χ4n) is 5.12. The van der Waals surface area contributed by atoms with Crippen LogP contribution in [0.1, 0.15) is 37.5 Å². The van der Waals surface area contributed by atoms with E-state index in [2.05, 4.69) is 41.2 Å². The zero-order valence-corrected chi connectivity index (χ0v) is 20.2. The van der Waals surface area contributed by atoms with Crippen LogP contribution in [-0.4, -0.2) is 35.8 Å². The Bertz CT molecular complexity index is 1550. The number of nitrogens with one attached hydrogen (secondary N) is 3. The highest BCUT2D eigenvalue weighted by Gasteiger charge is 2.25. The third kappa shape index (κ3) is 4.83. The third-order valence-electron chi connectivity index (χ3n) is 6.98. The Balaban J connectivity index is 1.21. The second-order valence-electron chi connectivity index (χ2n) is 9.36. The van der Waals surface area contributed by atoms with Gasteiger partial charge in [0.15, 0.2) is 0 Å². The molecule has 1 aliphatic carbocycles. The molecule has 10 nitrogen and oxygen atoms in total. The van der Waals surface area contributed by atoms with E-state index in [-0.39, 0.29) is 5.69 Å². The molecule has 2 aromatic carbocycles. The van der Waals surface area contributed by atoms with E-state index in [9.17, 15) is 4.79 Å². The fourth-order valence-corrected chi connectivity index (χ4v) is 5.12. The van der Waals surface area contributed by atoms with Gasteiger partial charge in [0.2, 0.25) is 0 Å². The summed E-state index contributed by atoms with van der Waals surface area (Å²) in [6.45, 7) is 0.540. The standard InChI is InChI=1S/C27H28N8O2/c28-25-24-22(17-6-12-21(13-7-17)37-20-4-2-1-3-5-20)15-35(26(24)31-16-30-25)19-10-8-18(9-11-19)29-14-23-32-27(36)34-33-23/h1-7,12-13,15-16,18-19,29H,8-11,14H2,(H2,28,30,31)(H2,32,33,34,36). The third-order valence-corrected chi connectivity index (χ3v) is 6.98. The first-order valence-corrected chi connectivity index (χ1v) is 12.5. The summed E-state index contributed by atoms with van der Waals surface area (Å²) in [5.41, 5.74) is 8.98. The number of aromatic nitrogens is 6. The molecule has 0 amide bonds. The maximum absolute atomic E-state index is 11.2. The Morgan fingerprint density at radius 3 is 2.49 bits per heavy atom. The average Bonchev–Trinajstić information content (AvgIpc) is 3.53. The van der Waals surface area contributed by atoms with Crippen LogP contribution in [0.15, 0.2) is 71.9 Å². The van der Waals surface area contributed by atoms with E-state index in [1.807, 2.05) is 54.6 Å². The van der Waals surface area contributed by atoms with Crippen LogP contribution in [0.4, 0.5) is 5.82 Å². The summed E-state index contributed by atoms with van der Waals surface area (Å²) in [5.74, 6) is 2.67. The molecule has 5 N–H and O–H groups in total. The van der Waals surface area contributed by atoms with E-state index >= 15 is 0 Å². The van der Waals surface area contributed by atoms with Gasteiger partial charge in [-0.25, -0.2) is 19.9 Å². The molecule has 5 aromatic rings. The Hall–Kier alpha value is -4.44. The van der Waals surface area contributed by atoms with E-state index in [4.69, 9.17) is 10.5 Å². The van der Waals surface area contributed by atoms with Crippen LogP contribution in [0.3, 0.4) is 0 Å². The molecule has 1 fully saturated rings. The highest BCUT2D eigenvalue weighted by molar-refractivity contribution is 6.00. The lowest BCUT2D eigenvalue weighted by Gasteiger charge is -2.30. The number of hydrogen-bond acceptors (Lipinski definition) is 7. The predicted octanol–water partition coefficient (Wildman–Crippen LogP) is 4.16. The number of benzene rings is 2. The van der Waals surface area contributed by atoms with Gasteiger partial charge in [-0.3, -0.25) is 4.98 Å². The molecule has 3 heterocycles. The first kappa shape index (κ1) is 23.0. The molecule has 3 aromatic heterocycles. The second kappa shape index (κ2) is 9.90. The van der Waals surface area contributed by atoms with Crippen LogP contribution < -0.4 is 21.5 Å². The maximum atomic E-state index is 11.2. The van der Waals surface area contributed by atoms with E-state index < -0.39 is 0 Å². The van der Waals surface area contributed by atoms with Gasteiger partial charge < -0.3 is 20.4 Å². The first-order valence-electron chi connectivity index (χ1n) is 12.5. The van der Waals surface area contributed by atoms with Crippen molar-refractivity contribution in [1.82, 2.24) is 35.0 Å². The number of nitrogens with zero attached hydrogens (tertiary/aromatic N) is 4. The minimum atomic E-state index is -0.282. The number of rotatable bonds is 7. The van der Waals surface area contributed by atoms with Gasteiger partial charge in [-0.1, -0.05) is 30.3 Å². The van der Waals surface area contributed by atoms with Crippen LogP contribution in [0.2, 0.25) is 0 Å². The molecule has 37 heavy (non-hydrogen) atoms. The molecule has 0 radical (unpaired) electrons. The number of aromatic amines is 2. The van der Waals surface area contributed by atoms with Gasteiger partial charge >= 0.3 is 5.69 Å². The summed E-state index contributed by atoms with van der Waals surface area (Å²) in [7, 11) is 0. The van der Waals surface area contributed by atoms with Crippen LogP contribution in [-0.2, 0) is 6.54 Å². The fraction of sp³-hybridized carbons (Fsp3) is 0.259. The molecule has 0 atom stereocenters. The van der Waals surface area contributed by atoms with E-state index in [1.54, 1.807) is 0 Å². The van der Waals surface area contributed by atoms with Crippen molar-refractivity contribution in [2.45, 2.75) is 44.3 Å². The molecular weight excluding hydrogens is 468 g/mol. The highest BCUT2D eigenvalue weighted by atomic mass is 16.5. The summed E-state index contributed by atoms with van der Waals surface area (Å²) in [6, 6.07) is 18.4. The quantitative estimate of drug-likeness (QED) is 0.265. The summed E-state index contributed by atoms with van der Waals surface area (Å²) >= 11 is 0. The van der Waals surface area contributed by atoms with Crippen LogP contribution in [0.5, 0.6) is 11.5 Å². The lowest BCUT2D eigenvalue weighted by atomic mass is 9.91. The molecule has 0 spiro atoms. The monoisotopic (exact) mass is 496 g/mol. The minimum absolute atomic E-state index is 0.282. The SMILES string of the molecule is Nc1ncnc2c1c(-c1ccc(Oc3ccccc3)cc1)cn2C1CCC(NCc2n[nH]c(=O)[nH]2)CC1. The zero-order valence-electron chi connectivity index (χ0n) is 20.2. The van der Waals surface area contributed by atoms with Crippen LogP contribution in [0.25, 0.3) is 22.2 Å². The molecule has 0 bridgehead atoms. The Morgan fingerprint density at radius 2 is 1.76 bits per heavy atom. The van der Waals surface area contributed by atoms with Crippen molar-refractivity contribution in [1.29, 1.82) is 0 Å². The Kier molecular flexibility index (Phi) is 6.15. The molecule has 1 aliphatic rings. The summed E-state index contributed by atoms with van der Waals surface area (Å²) in [6.07, 6.45) is 7.74. The number of hydrogen-bond donors (Lipinski definition) is 4. The molecule has 0 unspecified atom stereocenters. The van der Waals surface area contributed by atoms with Crippen molar-refractivity contribution in [2.24, 2.45) is 0 Å². The van der Waals surface area contributed by atoms with Gasteiger partial charge in [-0.2, -0.15) is 5.10 Å². The van der Waals surface area contributed by atoms with Crippen LogP contribution in [0, 0.1) is 0 Å². The van der Waals surface area contributed by atoms with E-state index in [0.29, 0.717) is 30.3 Å². The number of fused-ring (bicyclic) bond motifs is 1. The molecule has 1 saturated carbocycles. The van der Waals surface area contributed by atoms with E-state index in [1.165, 1.54) is 6.33 Å². The van der Waals surface area contributed by atoms with E-state index in [0.717, 1.165) is 59.3 Å². The van der Waals surface area contributed by atoms with Crippen molar-refractivity contribution in [3.63, 3.8) is 0 Å². The van der Waals surface area contributed by atoms with Crippen molar-refractivity contribution in [2.75, 3.05) is 5.73 Å². The Labute approximate surface area is 212 Å². The number of H-pyrrole nitrogens is 2. The molecule has 6 rings (SSSR count). The largest absolute Gasteiger partial charge is 0.457 e. The van der Waals surface area contributed by atoms with Gasteiger partial charge in [-0.15, -0.1) is 0 Å². The number of ether oxygens (including phenoxy) is 1. The number of nitrogen functional groups attached to an aromatic ring is 1. The normalized spacial score (nSPS) is 17.7. The molecular formula is C27H28N8O2. The van der Waals surface area contributed by atoms with Crippen molar-refractivity contribution in [3.05, 3.63) is 83.4 Å². The van der Waals surface area contributed by atoms with Gasteiger partial charge in [0.25, 0.3) is 0 Å². The maximum Gasteiger partial charge on any atom is 0.340 e. The number of anilines is 1. The molecule has 0 saturated heterocycles. The Morgan fingerprint density at radius 1 is 1.00 bits per heavy atom. The molecule has 10 heteroatoms. The molecule has 188 valence electrons. The first-order chi connectivity index (χ1) is 18.1. The highest BCUT2D eigenvalue weighted by Crippen LogP contribution is 2.38. The topological polar surface area (TPSA) is 140 Å². The predicted molar refractivity (Wildman–Crippen MR) is 141 cm³/mol. The summed E-state index contributed by atoms with van der Waals surface area (Å²) < 4.78 is 8.22. The van der Waals surface area contributed by atoms with Gasteiger partial charge in [-0.05, 0) is 55.5 Å². The zero-order chi connectivity index (χ0) is 25.2. The van der Waals surface area contributed by atoms with Gasteiger partial charge in [0, 0.05) is 23.8 Å². The smallest absolute Gasteiger partial charge is 0.340 e. The number of nitrogens with two attached hydrogens (primary N) is 1. The lowest BCUT2D eigenvalue weighted by Crippen LogP contribution is -2.33. The number of para-hydroxylation sites is 1. The minimum Gasteiger partial charge on any atom is -0.457 e. The molecule has 0 aliphatic heterocycles. The summed E-state index contributed by atoms with van der Waals surface area (Å²) in [5, 5.41) is 10.8. The van der Waals surface area contributed by atoms with Gasteiger partial charge in [0.05, 0.1) is 11.9 Å². The van der Waals surface area contributed by atoms with Crippen LogP contribution >= 0.6 is 0 Å². The van der Waals surface area contributed by atoms with Crippen molar-refractivity contribution >= 4 is 16.9 Å². The van der Waals surface area contributed by atoms with Crippen molar-refractivity contribution < 1.29 is 4.74 Å². The lowest BCUT2D eigenvalue weighted by molar-refractivity contribution is 0.292. The second-order valence-corrected chi connectivity index (χ2v) is 9.36. The van der Waals surface area contributed by atoms with Gasteiger partial charge in [0.1, 0.15) is 35.1 Å².